The Morgan fingerprint density at radius 2 is 1.90 bits per heavy atom. The van der Waals surface area contributed by atoms with E-state index in [1.165, 1.54) is 37.2 Å². The Labute approximate surface area is 124 Å². The van der Waals surface area contributed by atoms with Crippen molar-refractivity contribution in [2.24, 2.45) is 11.8 Å². The fourth-order valence-electron chi connectivity index (χ4n) is 3.35. The van der Waals surface area contributed by atoms with Crippen LogP contribution in [0.5, 0.6) is 0 Å². The highest BCUT2D eigenvalue weighted by atomic mass is 15.1. The molecule has 1 saturated carbocycles. The molecule has 114 valence electrons. The van der Waals surface area contributed by atoms with Crippen LogP contribution in [-0.4, -0.2) is 9.55 Å². The van der Waals surface area contributed by atoms with Crippen molar-refractivity contribution in [1.82, 2.24) is 9.55 Å². The molecular weight excluding hydrogens is 246 g/mol. The third-order valence-electron chi connectivity index (χ3n) is 4.54. The molecule has 0 bridgehead atoms. The molecule has 0 radical (unpaired) electrons. The number of nitrogens with zero attached hydrogens (tertiary/aromatic N) is 2. The number of nitrogens with two attached hydrogens (primary N) is 1. The molecule has 1 aliphatic rings. The molecule has 1 aliphatic carbocycles. The van der Waals surface area contributed by atoms with Gasteiger partial charge in [-0.25, -0.2) is 4.98 Å². The summed E-state index contributed by atoms with van der Waals surface area (Å²) >= 11 is 0. The van der Waals surface area contributed by atoms with Gasteiger partial charge in [0.05, 0.1) is 5.69 Å². The quantitative estimate of drug-likeness (QED) is 0.868. The zero-order valence-corrected chi connectivity index (χ0v) is 13.7. The van der Waals surface area contributed by atoms with Gasteiger partial charge in [0.25, 0.3) is 0 Å². The Morgan fingerprint density at radius 1 is 1.25 bits per heavy atom. The maximum Gasteiger partial charge on any atom is 0.127 e. The van der Waals surface area contributed by atoms with Crippen molar-refractivity contribution in [3.8, 4) is 0 Å². The van der Waals surface area contributed by atoms with Crippen LogP contribution in [0.25, 0.3) is 0 Å². The van der Waals surface area contributed by atoms with E-state index in [0.29, 0.717) is 11.8 Å². The number of imidazole rings is 1. The molecule has 0 unspecified atom stereocenters. The van der Waals surface area contributed by atoms with Crippen molar-refractivity contribution < 1.29 is 0 Å². The highest BCUT2D eigenvalue weighted by Crippen LogP contribution is 2.37. The Balaban J connectivity index is 2.24. The second-order valence-corrected chi connectivity index (χ2v) is 7.01. The molecule has 3 nitrogen and oxygen atoms in total. The number of aryl methyl sites for hydroxylation is 1. The third kappa shape index (κ3) is 3.36. The first-order valence-corrected chi connectivity index (χ1v) is 8.37. The minimum absolute atomic E-state index is 0.593. The van der Waals surface area contributed by atoms with Crippen LogP contribution in [0, 0.1) is 11.8 Å². The lowest BCUT2D eigenvalue weighted by atomic mass is 9.81. The van der Waals surface area contributed by atoms with E-state index in [2.05, 4.69) is 32.3 Å². The summed E-state index contributed by atoms with van der Waals surface area (Å²) in [5.74, 6) is 4.23. The van der Waals surface area contributed by atoms with Crippen LogP contribution < -0.4 is 5.73 Å². The molecule has 0 amide bonds. The van der Waals surface area contributed by atoms with Crippen LogP contribution in [0.3, 0.4) is 0 Å². The predicted octanol–water partition coefficient (Wildman–Crippen LogP) is 4.37. The average molecular weight is 277 g/mol. The van der Waals surface area contributed by atoms with E-state index in [9.17, 15) is 0 Å². The fraction of sp³-hybridized carbons (Fsp3) is 0.824. The molecule has 1 aromatic heterocycles. The van der Waals surface area contributed by atoms with Crippen molar-refractivity contribution in [2.75, 3.05) is 5.73 Å². The fourth-order valence-corrected chi connectivity index (χ4v) is 3.35. The highest BCUT2D eigenvalue weighted by molar-refractivity contribution is 5.41. The number of hydrogen-bond donors (Lipinski definition) is 1. The summed E-state index contributed by atoms with van der Waals surface area (Å²) in [5, 5.41) is 0. The number of anilines is 1. The Bertz CT molecular complexity index is 426. The molecular formula is C17H31N3. The maximum absolute atomic E-state index is 6.45. The monoisotopic (exact) mass is 277 g/mol. The summed E-state index contributed by atoms with van der Waals surface area (Å²) in [6.07, 6.45) is 7.34. The summed E-state index contributed by atoms with van der Waals surface area (Å²) in [6, 6.07) is 0. The standard InChI is InChI=1S/C17H31N3/c1-5-6-15-19-16(14-9-7-13(4)8-10-14)17(18)20(15)11-12(2)3/h12-14H,5-11,18H2,1-4H3. The number of aromatic nitrogens is 2. The largest absolute Gasteiger partial charge is 0.384 e. The van der Waals surface area contributed by atoms with Crippen LogP contribution in [-0.2, 0) is 13.0 Å². The van der Waals surface area contributed by atoms with E-state index >= 15 is 0 Å². The van der Waals surface area contributed by atoms with Gasteiger partial charge in [-0.3, -0.25) is 0 Å². The van der Waals surface area contributed by atoms with Gasteiger partial charge in [-0.15, -0.1) is 0 Å². The van der Waals surface area contributed by atoms with Crippen LogP contribution in [0.15, 0.2) is 0 Å². The summed E-state index contributed by atoms with van der Waals surface area (Å²) < 4.78 is 2.28. The van der Waals surface area contributed by atoms with Gasteiger partial charge in [0.15, 0.2) is 0 Å². The van der Waals surface area contributed by atoms with Crippen molar-refractivity contribution in [1.29, 1.82) is 0 Å². The van der Waals surface area contributed by atoms with Crippen molar-refractivity contribution >= 4 is 5.82 Å². The van der Waals surface area contributed by atoms with Gasteiger partial charge in [-0.2, -0.15) is 0 Å². The van der Waals surface area contributed by atoms with Crippen molar-refractivity contribution in [3.63, 3.8) is 0 Å². The van der Waals surface area contributed by atoms with Crippen molar-refractivity contribution in [2.45, 2.75) is 78.7 Å². The predicted molar refractivity (Wildman–Crippen MR) is 85.8 cm³/mol. The molecule has 0 atom stereocenters. The van der Waals surface area contributed by atoms with Gasteiger partial charge >= 0.3 is 0 Å². The summed E-state index contributed by atoms with van der Waals surface area (Å²) in [4.78, 5) is 4.94. The molecule has 0 aromatic carbocycles. The van der Waals surface area contributed by atoms with Gasteiger partial charge in [0.1, 0.15) is 11.6 Å². The minimum atomic E-state index is 0.593. The third-order valence-corrected chi connectivity index (χ3v) is 4.54. The smallest absolute Gasteiger partial charge is 0.127 e. The molecule has 2 N–H and O–H groups in total. The molecule has 1 heterocycles. The van der Waals surface area contributed by atoms with E-state index in [-0.39, 0.29) is 0 Å². The van der Waals surface area contributed by atoms with Gasteiger partial charge < -0.3 is 10.3 Å². The molecule has 2 rings (SSSR count). The molecule has 3 heteroatoms. The first-order valence-electron chi connectivity index (χ1n) is 8.37. The lowest BCUT2D eigenvalue weighted by molar-refractivity contribution is 0.345. The summed E-state index contributed by atoms with van der Waals surface area (Å²) in [5.41, 5.74) is 7.64. The van der Waals surface area contributed by atoms with E-state index < -0.39 is 0 Å². The Kier molecular flexibility index (Phi) is 5.11. The van der Waals surface area contributed by atoms with Crippen molar-refractivity contribution in [3.05, 3.63) is 11.5 Å². The molecule has 0 saturated heterocycles. The number of rotatable bonds is 5. The normalized spacial score (nSPS) is 23.4. The molecule has 1 aromatic rings. The second kappa shape index (κ2) is 6.64. The maximum atomic E-state index is 6.45. The Hall–Kier alpha value is -0.990. The zero-order valence-electron chi connectivity index (χ0n) is 13.7. The van der Waals surface area contributed by atoms with Gasteiger partial charge in [0, 0.05) is 18.9 Å². The van der Waals surface area contributed by atoms with E-state index in [0.717, 1.165) is 31.1 Å². The first-order chi connectivity index (χ1) is 9.52. The zero-order chi connectivity index (χ0) is 14.7. The molecule has 1 fully saturated rings. The van der Waals surface area contributed by atoms with Gasteiger partial charge in [-0.05, 0) is 31.1 Å². The molecule has 20 heavy (non-hydrogen) atoms. The highest BCUT2D eigenvalue weighted by Gasteiger charge is 2.26. The second-order valence-electron chi connectivity index (χ2n) is 7.01. The lowest BCUT2D eigenvalue weighted by Crippen LogP contribution is -2.14. The number of hydrogen-bond acceptors (Lipinski definition) is 2. The SMILES string of the molecule is CCCc1nc(C2CCC(C)CC2)c(N)n1CC(C)C. The summed E-state index contributed by atoms with van der Waals surface area (Å²) in [6.45, 7) is 10.1. The van der Waals surface area contributed by atoms with Crippen LogP contribution in [0.4, 0.5) is 5.82 Å². The average Bonchev–Trinajstić information content (AvgIpc) is 2.69. The number of nitrogen functional groups attached to an aromatic ring is 1. The molecule has 0 aliphatic heterocycles. The van der Waals surface area contributed by atoms with Crippen LogP contribution >= 0.6 is 0 Å². The van der Waals surface area contributed by atoms with E-state index in [1.54, 1.807) is 0 Å². The Morgan fingerprint density at radius 3 is 2.45 bits per heavy atom. The lowest BCUT2D eigenvalue weighted by Gasteiger charge is -2.25. The first kappa shape index (κ1) is 15.4. The topological polar surface area (TPSA) is 43.8 Å². The van der Waals surface area contributed by atoms with Crippen LogP contribution in [0.1, 0.15) is 77.2 Å². The van der Waals surface area contributed by atoms with E-state index in [4.69, 9.17) is 10.7 Å². The van der Waals surface area contributed by atoms with E-state index in [1.807, 2.05) is 0 Å². The van der Waals surface area contributed by atoms with Crippen LogP contribution in [0.2, 0.25) is 0 Å². The van der Waals surface area contributed by atoms with Gasteiger partial charge in [-0.1, -0.05) is 40.5 Å². The minimum Gasteiger partial charge on any atom is -0.384 e. The summed E-state index contributed by atoms with van der Waals surface area (Å²) in [7, 11) is 0. The molecule has 0 spiro atoms. The van der Waals surface area contributed by atoms with Gasteiger partial charge in [0.2, 0.25) is 0 Å².